The lowest BCUT2D eigenvalue weighted by molar-refractivity contribution is -0.379. The topological polar surface area (TPSA) is 307 Å². The molecule has 0 saturated carbocycles. The van der Waals surface area contributed by atoms with E-state index in [1.807, 2.05) is 6.08 Å². The fraction of sp³-hybridized carbons (Fsp3) is 0.724. The third kappa shape index (κ3) is 37.3. The maximum Gasteiger partial charge on any atom is 0.220 e. The van der Waals surface area contributed by atoms with Gasteiger partial charge in [-0.15, -0.1) is 0 Å². The van der Waals surface area contributed by atoms with Gasteiger partial charge in [0.05, 0.1) is 38.6 Å². The van der Waals surface area contributed by atoms with Crippen LogP contribution < -0.4 is 5.32 Å². The molecule has 0 radical (unpaired) electrons. The molecular weight excluding hydrogens is 1210 g/mol. The number of unbranched alkanes of at least 4 members (excludes halogenated alkanes) is 20. The van der Waals surface area contributed by atoms with E-state index in [-0.39, 0.29) is 18.9 Å². The number of aliphatic hydroxyl groups excluding tert-OH is 11. The van der Waals surface area contributed by atoms with Crippen LogP contribution in [0.15, 0.2) is 122 Å². The van der Waals surface area contributed by atoms with Gasteiger partial charge in [0, 0.05) is 6.42 Å². The second kappa shape index (κ2) is 56.0. The van der Waals surface area contributed by atoms with E-state index >= 15 is 0 Å². The molecule has 3 saturated heterocycles. The number of nitrogens with one attached hydrogen (secondary N) is 1. The van der Waals surface area contributed by atoms with E-state index in [4.69, 9.17) is 28.4 Å². The van der Waals surface area contributed by atoms with Crippen molar-refractivity contribution in [1.29, 1.82) is 0 Å². The number of amides is 1. The standard InChI is InChI=1S/C76H127NO18/c1-3-5-7-9-11-13-15-17-19-21-23-25-26-27-28-29-30-31-32-34-36-38-40-42-44-46-48-50-52-54-64(82)77-59(60(81)53-51-49-47-45-43-41-39-37-35-33-24-22-20-18-16-14-12-10-8-6-4-2)58-90-74-70(88)67(85)72(62(56-79)92-74)95-76-71(89)68(86)73(63(57-80)93-76)94-75-69(87)66(84)65(83)61(55-78)91-75/h5,7,11,13,17,19,23,25,27-28,30-31,34-37,43,45,51,53,59-63,65-76,78-81,83-89H,3-4,6,8-10,12,14-16,18,20-22,24,26,29,32-33,38-42,44,46-50,52,54-58H2,1-2H3,(H,77,82)/b7-5-,13-11-,19-17-,25-23-,28-27-,31-30-,36-34-,37-35+,45-43+,53-51+. The molecule has 1 amide bonds. The van der Waals surface area contributed by atoms with Gasteiger partial charge in [0.25, 0.3) is 0 Å². The molecule has 0 aromatic heterocycles. The van der Waals surface area contributed by atoms with Crippen LogP contribution in [0.4, 0.5) is 0 Å². The van der Waals surface area contributed by atoms with E-state index in [0.717, 1.165) is 116 Å². The van der Waals surface area contributed by atoms with Crippen LogP contribution in [0.5, 0.6) is 0 Å². The average molecular weight is 1340 g/mol. The van der Waals surface area contributed by atoms with Crippen LogP contribution >= 0.6 is 0 Å². The van der Waals surface area contributed by atoms with Crippen LogP contribution in [-0.4, -0.2) is 193 Å². The van der Waals surface area contributed by atoms with E-state index in [1.54, 1.807) is 6.08 Å². The second-order valence-electron chi connectivity index (χ2n) is 25.3. The molecule has 0 aromatic carbocycles. The highest BCUT2D eigenvalue weighted by molar-refractivity contribution is 5.76. The lowest BCUT2D eigenvalue weighted by Crippen LogP contribution is -2.66. The molecule has 544 valence electrons. The molecule has 0 aliphatic carbocycles. The Morgan fingerprint density at radius 1 is 0.389 bits per heavy atom. The predicted octanol–water partition coefficient (Wildman–Crippen LogP) is 10.4. The number of carbonyl (C=O) groups excluding carboxylic acids is 1. The van der Waals surface area contributed by atoms with Gasteiger partial charge in [-0.1, -0.05) is 232 Å². The molecule has 3 fully saturated rings. The molecular formula is C76H127NO18. The van der Waals surface area contributed by atoms with E-state index in [2.05, 4.69) is 129 Å². The first-order valence-corrected chi connectivity index (χ1v) is 36.3. The number of allylic oxidation sites excluding steroid dienone is 19. The summed E-state index contributed by atoms with van der Waals surface area (Å²) < 4.78 is 34.3. The van der Waals surface area contributed by atoms with Crippen molar-refractivity contribution in [2.45, 2.75) is 324 Å². The highest BCUT2D eigenvalue weighted by atomic mass is 16.8. The van der Waals surface area contributed by atoms with Gasteiger partial charge in [-0.3, -0.25) is 4.79 Å². The molecule has 19 nitrogen and oxygen atoms in total. The van der Waals surface area contributed by atoms with Crippen molar-refractivity contribution in [2.24, 2.45) is 0 Å². The molecule has 17 atom stereocenters. The zero-order valence-corrected chi connectivity index (χ0v) is 57.6. The first kappa shape index (κ1) is 85.4. The largest absolute Gasteiger partial charge is 0.394 e. The van der Waals surface area contributed by atoms with Gasteiger partial charge in [-0.05, 0) is 103 Å². The Kier molecular flexibility index (Phi) is 50.3. The van der Waals surface area contributed by atoms with E-state index in [0.29, 0.717) is 12.8 Å². The first-order chi connectivity index (χ1) is 46.3. The van der Waals surface area contributed by atoms with Crippen LogP contribution in [0.3, 0.4) is 0 Å². The summed E-state index contributed by atoms with van der Waals surface area (Å²) in [7, 11) is 0. The Bertz CT molecular complexity index is 2190. The van der Waals surface area contributed by atoms with Crippen molar-refractivity contribution in [3.63, 3.8) is 0 Å². The van der Waals surface area contributed by atoms with Crippen molar-refractivity contribution in [2.75, 3.05) is 26.4 Å². The van der Waals surface area contributed by atoms with Gasteiger partial charge in [-0.25, -0.2) is 0 Å². The summed E-state index contributed by atoms with van der Waals surface area (Å²) in [5, 5.41) is 121. The lowest BCUT2D eigenvalue weighted by atomic mass is 9.96. The van der Waals surface area contributed by atoms with Gasteiger partial charge in [-0.2, -0.15) is 0 Å². The summed E-state index contributed by atoms with van der Waals surface area (Å²) in [4.78, 5) is 13.4. The minimum Gasteiger partial charge on any atom is -0.394 e. The third-order valence-corrected chi connectivity index (χ3v) is 17.2. The maximum atomic E-state index is 13.4. The van der Waals surface area contributed by atoms with E-state index in [1.165, 1.54) is 70.6 Å². The summed E-state index contributed by atoms with van der Waals surface area (Å²) in [6, 6.07) is -1.01. The highest BCUT2D eigenvalue weighted by Crippen LogP contribution is 2.33. The summed E-state index contributed by atoms with van der Waals surface area (Å²) in [5.41, 5.74) is 0. The molecule has 0 aromatic rings. The summed E-state index contributed by atoms with van der Waals surface area (Å²) in [6.07, 6.45) is 50.2. The van der Waals surface area contributed by atoms with Crippen molar-refractivity contribution >= 4 is 5.91 Å². The molecule has 3 heterocycles. The zero-order valence-electron chi connectivity index (χ0n) is 57.6. The van der Waals surface area contributed by atoms with Crippen LogP contribution in [0, 0.1) is 0 Å². The molecule has 0 spiro atoms. The van der Waals surface area contributed by atoms with Gasteiger partial charge < -0.3 is 89.9 Å². The number of hydrogen-bond donors (Lipinski definition) is 12. The van der Waals surface area contributed by atoms with Crippen molar-refractivity contribution < 1.29 is 89.4 Å². The Morgan fingerprint density at radius 2 is 0.737 bits per heavy atom. The number of carbonyl (C=O) groups is 1. The molecule has 17 unspecified atom stereocenters. The van der Waals surface area contributed by atoms with E-state index < -0.39 is 124 Å². The summed E-state index contributed by atoms with van der Waals surface area (Å²) in [5.74, 6) is -0.306. The minimum absolute atomic E-state index is 0.211. The molecule has 12 N–H and O–H groups in total. The number of hydrogen-bond acceptors (Lipinski definition) is 18. The van der Waals surface area contributed by atoms with Crippen molar-refractivity contribution in [1.82, 2.24) is 5.32 Å². The Morgan fingerprint density at radius 3 is 1.18 bits per heavy atom. The Labute approximate surface area is 569 Å². The molecule has 3 aliphatic rings. The monoisotopic (exact) mass is 1340 g/mol. The first-order valence-electron chi connectivity index (χ1n) is 36.3. The van der Waals surface area contributed by atoms with Crippen molar-refractivity contribution in [3.05, 3.63) is 122 Å². The maximum absolute atomic E-state index is 13.4. The van der Waals surface area contributed by atoms with Crippen LogP contribution in [0.25, 0.3) is 0 Å². The van der Waals surface area contributed by atoms with Gasteiger partial charge in [0.2, 0.25) is 5.91 Å². The molecule has 19 heteroatoms. The average Bonchev–Trinajstić information content (AvgIpc) is 0.786. The number of rotatable bonds is 54. The van der Waals surface area contributed by atoms with Gasteiger partial charge in [0.15, 0.2) is 18.9 Å². The quantitative estimate of drug-likeness (QED) is 0.0199. The van der Waals surface area contributed by atoms with Crippen LogP contribution in [0.2, 0.25) is 0 Å². The fourth-order valence-electron chi connectivity index (χ4n) is 11.4. The predicted molar refractivity (Wildman–Crippen MR) is 373 cm³/mol. The minimum atomic E-state index is -1.99. The van der Waals surface area contributed by atoms with Gasteiger partial charge >= 0.3 is 0 Å². The van der Waals surface area contributed by atoms with Crippen LogP contribution in [0.1, 0.15) is 219 Å². The lowest BCUT2D eigenvalue weighted by Gasteiger charge is -2.48. The second-order valence-corrected chi connectivity index (χ2v) is 25.3. The normalized spacial score (nSPS) is 27.9. The third-order valence-electron chi connectivity index (χ3n) is 17.2. The number of ether oxygens (including phenoxy) is 6. The summed E-state index contributed by atoms with van der Waals surface area (Å²) in [6.45, 7) is 1.57. The smallest absolute Gasteiger partial charge is 0.220 e. The van der Waals surface area contributed by atoms with Crippen LogP contribution in [-0.2, 0) is 33.2 Å². The molecule has 3 aliphatic heterocycles. The summed E-state index contributed by atoms with van der Waals surface area (Å²) >= 11 is 0. The van der Waals surface area contributed by atoms with Gasteiger partial charge in [0.1, 0.15) is 73.2 Å². The highest BCUT2D eigenvalue weighted by Gasteiger charge is 2.53. The fourth-order valence-corrected chi connectivity index (χ4v) is 11.4. The van der Waals surface area contributed by atoms with Crippen molar-refractivity contribution in [3.8, 4) is 0 Å². The zero-order chi connectivity index (χ0) is 68.9. The molecule has 95 heavy (non-hydrogen) atoms. The SMILES string of the molecule is CC/C=C\C/C=C\C/C=C\C/C=C\C/C=C\C/C=C\C/C=C\CCCCCCCCCC(=O)NC(COC1OC(CO)C(OC2OC(CO)C(OC3OC(CO)C(O)C(O)C3O)C(O)C2O)C(O)C1O)C(O)/C=C/CC/C=C/CC/C=C/CCCCCCCCCCCCC. The molecule has 0 bridgehead atoms. The number of aliphatic hydroxyl groups is 11. The molecule has 3 rings (SSSR count). The Hall–Kier alpha value is -3.81. The Balaban J connectivity index is 1.44. The van der Waals surface area contributed by atoms with E-state index in [9.17, 15) is 61.0 Å².